The Hall–Kier alpha value is -2.84. The number of pyridine rings is 1. The van der Waals surface area contributed by atoms with E-state index in [0.29, 0.717) is 11.1 Å². The van der Waals surface area contributed by atoms with E-state index in [4.69, 9.17) is 5.73 Å². The average Bonchev–Trinajstić information content (AvgIpc) is 2.85. The molecule has 0 aliphatic heterocycles. The largest absolute Gasteiger partial charge is 0.508 e. The number of nitrogens with two attached hydrogens (primary N) is 1. The van der Waals surface area contributed by atoms with E-state index in [-0.39, 0.29) is 11.6 Å². The Morgan fingerprint density at radius 3 is 2.57 bits per heavy atom. The third-order valence-corrected chi connectivity index (χ3v) is 4.60. The lowest BCUT2D eigenvalue weighted by atomic mass is 9.98. The summed E-state index contributed by atoms with van der Waals surface area (Å²) in [6.45, 7) is 4.08. The number of nitrogen functional groups attached to an aromatic ring is 1. The number of rotatable bonds is 2. The Morgan fingerprint density at radius 1 is 1.17 bits per heavy atom. The Kier molecular flexibility index (Phi) is 3.77. The second kappa shape index (κ2) is 5.75. The molecule has 23 heavy (non-hydrogen) atoms. The highest BCUT2D eigenvalue weighted by atomic mass is 32.1. The smallest absolute Gasteiger partial charge is 0.142 e. The van der Waals surface area contributed by atoms with Gasteiger partial charge in [0.05, 0.1) is 5.69 Å². The molecule has 0 saturated carbocycles. The zero-order valence-electron chi connectivity index (χ0n) is 12.8. The fraction of sp³-hybridized carbons (Fsp3) is 0.111. The molecule has 0 bridgehead atoms. The Labute approximate surface area is 138 Å². The van der Waals surface area contributed by atoms with Crippen molar-refractivity contribution in [2.45, 2.75) is 13.8 Å². The van der Waals surface area contributed by atoms with Gasteiger partial charge in [0, 0.05) is 20.9 Å². The summed E-state index contributed by atoms with van der Waals surface area (Å²) in [5.74, 6) is 0.345. The normalized spacial score (nSPS) is 10.5. The van der Waals surface area contributed by atoms with Gasteiger partial charge >= 0.3 is 0 Å². The number of aromatic nitrogens is 1. The van der Waals surface area contributed by atoms with Gasteiger partial charge < -0.3 is 10.8 Å². The molecule has 0 radical (unpaired) electrons. The van der Waals surface area contributed by atoms with Gasteiger partial charge in [-0.3, -0.25) is 0 Å². The molecule has 1 aromatic carbocycles. The van der Waals surface area contributed by atoms with Crippen molar-refractivity contribution in [3.63, 3.8) is 0 Å². The highest BCUT2D eigenvalue weighted by molar-refractivity contribution is 7.12. The van der Waals surface area contributed by atoms with Crippen molar-refractivity contribution in [1.29, 1.82) is 5.26 Å². The van der Waals surface area contributed by atoms with Crippen LogP contribution in [0.4, 0.5) is 5.82 Å². The lowest BCUT2D eigenvalue weighted by Gasteiger charge is -2.10. The number of hydrogen-bond acceptors (Lipinski definition) is 5. The fourth-order valence-electron chi connectivity index (χ4n) is 2.61. The van der Waals surface area contributed by atoms with E-state index in [1.165, 1.54) is 4.88 Å². The molecule has 0 aliphatic rings. The first-order valence-electron chi connectivity index (χ1n) is 7.07. The molecule has 3 rings (SSSR count). The van der Waals surface area contributed by atoms with E-state index in [0.717, 1.165) is 21.7 Å². The van der Waals surface area contributed by atoms with Gasteiger partial charge in [-0.15, -0.1) is 11.3 Å². The topological polar surface area (TPSA) is 82.9 Å². The number of nitrogens with zero attached hydrogens (tertiary/aromatic N) is 2. The molecule has 4 nitrogen and oxygen atoms in total. The van der Waals surface area contributed by atoms with Crippen LogP contribution in [0.15, 0.2) is 36.4 Å². The summed E-state index contributed by atoms with van der Waals surface area (Å²) in [6.07, 6.45) is 0. The predicted octanol–water partition coefficient (Wildman–Crippen LogP) is 4.25. The molecule has 0 saturated heterocycles. The Balaban J connectivity index is 2.27. The van der Waals surface area contributed by atoms with Crippen molar-refractivity contribution in [3.8, 4) is 34.2 Å². The maximum absolute atomic E-state index is 9.71. The van der Waals surface area contributed by atoms with Gasteiger partial charge in [0.15, 0.2) is 0 Å². The number of aromatic hydroxyl groups is 1. The summed E-state index contributed by atoms with van der Waals surface area (Å²) in [6, 6.07) is 12.8. The fourth-order valence-corrected chi connectivity index (χ4v) is 3.54. The number of thiophene rings is 1. The second-order valence-electron chi connectivity index (χ2n) is 5.30. The molecule has 3 N–H and O–H groups in total. The van der Waals surface area contributed by atoms with Crippen LogP contribution in [0.2, 0.25) is 0 Å². The van der Waals surface area contributed by atoms with Crippen LogP contribution in [-0.4, -0.2) is 10.1 Å². The molecule has 3 aromatic rings. The Morgan fingerprint density at radius 2 is 1.96 bits per heavy atom. The van der Waals surface area contributed by atoms with Gasteiger partial charge in [0.25, 0.3) is 0 Å². The van der Waals surface area contributed by atoms with Crippen molar-refractivity contribution in [2.75, 3.05) is 5.73 Å². The minimum atomic E-state index is 0.144. The van der Waals surface area contributed by atoms with Crippen molar-refractivity contribution in [1.82, 2.24) is 4.98 Å². The summed E-state index contributed by atoms with van der Waals surface area (Å²) < 4.78 is 0. The molecular weight excluding hydrogens is 306 g/mol. The van der Waals surface area contributed by atoms with Gasteiger partial charge in [0.1, 0.15) is 23.2 Å². The van der Waals surface area contributed by atoms with E-state index in [9.17, 15) is 10.4 Å². The number of benzene rings is 1. The SMILES string of the molecule is Cc1cc(-c2cc(-c3cccc(O)c3)c(C#N)c(N)n2)c(C)s1. The number of phenols is 1. The number of nitriles is 1. The number of phenolic OH excluding ortho intramolecular Hbond substituents is 1. The zero-order valence-corrected chi connectivity index (χ0v) is 13.6. The van der Waals surface area contributed by atoms with E-state index >= 15 is 0 Å². The first kappa shape index (κ1) is 15.1. The lowest BCUT2D eigenvalue weighted by Crippen LogP contribution is -1.99. The van der Waals surface area contributed by atoms with Crippen LogP contribution >= 0.6 is 11.3 Å². The van der Waals surface area contributed by atoms with Crippen LogP contribution in [0.5, 0.6) is 5.75 Å². The highest BCUT2D eigenvalue weighted by Crippen LogP contribution is 2.35. The van der Waals surface area contributed by atoms with Crippen LogP contribution in [0, 0.1) is 25.2 Å². The van der Waals surface area contributed by atoms with E-state index in [1.807, 2.05) is 26.0 Å². The van der Waals surface area contributed by atoms with Crippen LogP contribution in [-0.2, 0) is 0 Å². The first-order chi connectivity index (χ1) is 11.0. The monoisotopic (exact) mass is 321 g/mol. The third-order valence-electron chi connectivity index (χ3n) is 3.63. The number of aryl methyl sites for hydroxylation is 2. The zero-order chi connectivity index (χ0) is 16.6. The quantitative estimate of drug-likeness (QED) is 0.739. The molecule has 0 spiro atoms. The first-order valence-corrected chi connectivity index (χ1v) is 7.88. The standard InChI is InChI=1S/C18H15N3OS/c1-10-6-14(11(2)23-10)17-8-15(16(9-19)18(20)21-17)12-4-3-5-13(22)7-12/h3-8,22H,1-2H3,(H2,20,21). The molecule has 2 heterocycles. The molecule has 0 fully saturated rings. The average molecular weight is 321 g/mol. The summed E-state index contributed by atoms with van der Waals surface area (Å²) in [5, 5.41) is 19.1. The molecule has 5 heteroatoms. The summed E-state index contributed by atoms with van der Waals surface area (Å²) in [5.41, 5.74) is 9.50. The van der Waals surface area contributed by atoms with Crippen molar-refractivity contribution in [2.24, 2.45) is 0 Å². The Bertz CT molecular complexity index is 938. The summed E-state index contributed by atoms with van der Waals surface area (Å²) in [7, 11) is 0. The maximum Gasteiger partial charge on any atom is 0.142 e. The van der Waals surface area contributed by atoms with E-state index in [1.54, 1.807) is 29.5 Å². The molecule has 2 aromatic heterocycles. The van der Waals surface area contributed by atoms with E-state index in [2.05, 4.69) is 17.1 Å². The molecule has 114 valence electrons. The van der Waals surface area contributed by atoms with Crippen molar-refractivity contribution >= 4 is 17.2 Å². The third kappa shape index (κ3) is 2.77. The lowest BCUT2D eigenvalue weighted by molar-refractivity contribution is 0.475. The van der Waals surface area contributed by atoms with Gasteiger partial charge in [0.2, 0.25) is 0 Å². The van der Waals surface area contributed by atoms with Crippen LogP contribution in [0.25, 0.3) is 22.4 Å². The highest BCUT2D eigenvalue weighted by Gasteiger charge is 2.15. The molecule has 0 aliphatic carbocycles. The molecular formula is C18H15N3OS. The summed E-state index contributed by atoms with van der Waals surface area (Å²) >= 11 is 1.70. The molecule has 0 amide bonds. The summed E-state index contributed by atoms with van der Waals surface area (Å²) in [4.78, 5) is 6.75. The van der Waals surface area contributed by atoms with Gasteiger partial charge in [-0.2, -0.15) is 5.26 Å². The minimum Gasteiger partial charge on any atom is -0.508 e. The van der Waals surface area contributed by atoms with Gasteiger partial charge in [-0.1, -0.05) is 12.1 Å². The predicted molar refractivity (Wildman–Crippen MR) is 93.3 cm³/mol. The van der Waals surface area contributed by atoms with E-state index < -0.39 is 0 Å². The van der Waals surface area contributed by atoms with Crippen molar-refractivity contribution in [3.05, 3.63) is 51.7 Å². The molecule has 0 unspecified atom stereocenters. The van der Waals surface area contributed by atoms with Gasteiger partial charge in [-0.05, 0) is 43.7 Å². The number of hydrogen-bond donors (Lipinski definition) is 2. The minimum absolute atomic E-state index is 0.144. The van der Waals surface area contributed by atoms with Crippen LogP contribution in [0.1, 0.15) is 15.3 Å². The maximum atomic E-state index is 9.71. The van der Waals surface area contributed by atoms with Gasteiger partial charge in [-0.25, -0.2) is 4.98 Å². The second-order valence-corrected chi connectivity index (χ2v) is 6.76. The van der Waals surface area contributed by atoms with Crippen molar-refractivity contribution < 1.29 is 5.11 Å². The molecule has 0 atom stereocenters. The number of anilines is 1. The van der Waals surface area contributed by atoms with Crippen LogP contribution < -0.4 is 5.73 Å². The van der Waals surface area contributed by atoms with Crippen LogP contribution in [0.3, 0.4) is 0 Å².